The highest BCUT2D eigenvalue weighted by Crippen LogP contribution is 2.66. The molecule has 38 heavy (non-hydrogen) atoms. The minimum atomic E-state index is -3.63. The van der Waals surface area contributed by atoms with Crippen molar-refractivity contribution in [2.45, 2.75) is 37.0 Å². The fraction of sp³-hybridized carbons (Fsp3) is 0.385. The molecule has 0 unspecified atom stereocenters. The summed E-state index contributed by atoms with van der Waals surface area (Å²) in [6.07, 6.45) is 5.66. The molecule has 1 saturated heterocycles. The number of hydrogen-bond donors (Lipinski definition) is 5. The molecule has 0 aromatic carbocycles. The first-order chi connectivity index (χ1) is 18.1. The van der Waals surface area contributed by atoms with Crippen molar-refractivity contribution in [3.63, 3.8) is 0 Å². The second-order valence-corrected chi connectivity index (χ2v) is 12.1. The van der Waals surface area contributed by atoms with Crippen LogP contribution in [0.4, 0.5) is 20.3 Å². The number of ether oxygens (including phenoxy) is 1. The predicted octanol–water partition coefficient (Wildman–Crippen LogP) is 4.97. The lowest BCUT2D eigenvalue weighted by molar-refractivity contribution is 0.322. The van der Waals surface area contributed by atoms with E-state index in [-0.39, 0.29) is 29.7 Å². The number of hydrogen-bond acceptors (Lipinski definition) is 8. The molecule has 0 bridgehead atoms. The highest BCUT2D eigenvalue weighted by Gasteiger charge is 2.63. The van der Waals surface area contributed by atoms with Crippen LogP contribution in [0, 0.1) is 29.1 Å². The van der Waals surface area contributed by atoms with Crippen LogP contribution in [0.2, 0.25) is 0 Å². The van der Waals surface area contributed by atoms with E-state index in [4.69, 9.17) is 10.1 Å². The fourth-order valence-corrected chi connectivity index (χ4v) is 7.60. The number of anilines is 2. The first kappa shape index (κ1) is 26.1. The molecule has 0 amide bonds. The Bertz CT molecular complexity index is 1470. The maximum atomic E-state index is 15.1. The Hall–Kier alpha value is -3.53. The number of nitrogens with one attached hydrogen (secondary N) is 3. The van der Waals surface area contributed by atoms with Gasteiger partial charge >= 0.3 is 0 Å². The van der Waals surface area contributed by atoms with Crippen molar-refractivity contribution in [3.8, 4) is 17.6 Å². The molecule has 5 N–H and O–H groups in total. The predicted molar refractivity (Wildman–Crippen MR) is 143 cm³/mol. The van der Waals surface area contributed by atoms with Gasteiger partial charge in [-0.05, 0) is 50.8 Å². The SMILES string of the molecule is CC#CCOc1cnc2c(Nc3cnc(F)c([C@]4(C)CS(O)(O)[C@@](CF)(C5CC5)C(=N)N4)c3)nccc2c1. The van der Waals surface area contributed by atoms with Crippen LogP contribution in [-0.2, 0) is 5.54 Å². The zero-order valence-corrected chi connectivity index (χ0v) is 21.7. The third-order valence-electron chi connectivity index (χ3n) is 7.09. The van der Waals surface area contributed by atoms with Crippen LogP contribution in [0.5, 0.6) is 5.75 Å². The smallest absolute Gasteiger partial charge is 0.218 e. The summed E-state index contributed by atoms with van der Waals surface area (Å²) in [6.45, 7) is 2.46. The zero-order valence-electron chi connectivity index (χ0n) is 20.9. The van der Waals surface area contributed by atoms with E-state index < -0.39 is 33.5 Å². The van der Waals surface area contributed by atoms with Crippen LogP contribution in [0.1, 0.15) is 32.3 Å². The Morgan fingerprint density at radius 2 is 2.05 bits per heavy atom. The molecular formula is C26H28F2N6O3S. The molecule has 1 aliphatic carbocycles. The third kappa shape index (κ3) is 4.40. The van der Waals surface area contributed by atoms with Gasteiger partial charge in [0.05, 0.1) is 29.4 Å². The molecule has 3 aromatic heterocycles. The Kier molecular flexibility index (Phi) is 6.63. The first-order valence-corrected chi connectivity index (χ1v) is 13.7. The maximum absolute atomic E-state index is 15.1. The maximum Gasteiger partial charge on any atom is 0.218 e. The van der Waals surface area contributed by atoms with Crippen molar-refractivity contribution in [1.82, 2.24) is 20.3 Å². The molecule has 2 atom stereocenters. The summed E-state index contributed by atoms with van der Waals surface area (Å²) >= 11 is 0. The summed E-state index contributed by atoms with van der Waals surface area (Å²) in [4.78, 5) is 12.7. The average Bonchev–Trinajstić information content (AvgIpc) is 3.71. The minimum Gasteiger partial charge on any atom is -0.479 e. The standard InChI is InChI=1S/C26H28F2N6O3S/c1-3-4-9-37-19-10-16-7-8-30-23(21(16)31-13-19)33-18-11-20(22(28)32-12-18)25(2)15-38(35,36)26(14-27,17-5-6-17)24(29)34-25/h7-8,10-13,17,35-36H,5-6,9,14-15H2,1-2H3,(H2,29,34)(H,30,33)/t25-,26-/m0/s1. The molecule has 0 radical (unpaired) electrons. The molecule has 3 aromatic rings. The highest BCUT2D eigenvalue weighted by molar-refractivity contribution is 8.26. The minimum absolute atomic E-state index is 0.0106. The summed E-state index contributed by atoms with van der Waals surface area (Å²) in [5.41, 5.74) is -0.479. The van der Waals surface area contributed by atoms with Gasteiger partial charge in [0, 0.05) is 17.1 Å². The summed E-state index contributed by atoms with van der Waals surface area (Å²) in [5, 5.41) is 15.3. The van der Waals surface area contributed by atoms with Crippen LogP contribution in [0.3, 0.4) is 0 Å². The molecule has 9 nitrogen and oxygen atoms in total. The molecule has 2 aliphatic rings. The number of pyridine rings is 3. The van der Waals surface area contributed by atoms with E-state index >= 15 is 4.39 Å². The van der Waals surface area contributed by atoms with E-state index in [2.05, 4.69) is 37.4 Å². The van der Waals surface area contributed by atoms with Gasteiger partial charge in [-0.1, -0.05) is 5.92 Å². The van der Waals surface area contributed by atoms with Crippen LogP contribution in [-0.4, -0.2) is 53.7 Å². The largest absolute Gasteiger partial charge is 0.479 e. The van der Waals surface area contributed by atoms with Crippen LogP contribution in [0.15, 0.2) is 36.8 Å². The van der Waals surface area contributed by atoms with E-state index in [1.807, 2.05) is 0 Å². The van der Waals surface area contributed by atoms with Gasteiger partial charge in [0.15, 0.2) is 5.82 Å². The monoisotopic (exact) mass is 542 g/mol. The Morgan fingerprint density at radius 3 is 2.74 bits per heavy atom. The van der Waals surface area contributed by atoms with Gasteiger partial charge in [-0.15, -0.1) is 5.92 Å². The normalized spacial score (nSPS) is 25.2. The van der Waals surface area contributed by atoms with E-state index in [9.17, 15) is 13.5 Å². The highest BCUT2D eigenvalue weighted by atomic mass is 32.3. The summed E-state index contributed by atoms with van der Waals surface area (Å²) in [7, 11) is -3.63. The number of halogens is 2. The molecule has 0 spiro atoms. The van der Waals surface area contributed by atoms with Gasteiger partial charge in [-0.25, -0.2) is 19.3 Å². The second-order valence-electron chi connectivity index (χ2n) is 9.75. The lowest BCUT2D eigenvalue weighted by Gasteiger charge is -2.58. The Morgan fingerprint density at radius 1 is 1.26 bits per heavy atom. The number of aromatic nitrogens is 3. The summed E-state index contributed by atoms with van der Waals surface area (Å²) in [5.74, 6) is 4.69. The van der Waals surface area contributed by atoms with Crippen molar-refractivity contribution in [3.05, 3.63) is 48.3 Å². The van der Waals surface area contributed by atoms with Crippen molar-refractivity contribution >= 4 is 38.8 Å². The molecular weight excluding hydrogens is 514 g/mol. The number of fused-ring (bicyclic) bond motifs is 1. The summed E-state index contributed by atoms with van der Waals surface area (Å²) < 4.78 is 55.4. The van der Waals surface area contributed by atoms with Gasteiger partial charge in [0.1, 0.15) is 35.1 Å². The third-order valence-corrected chi connectivity index (χ3v) is 9.88. The first-order valence-electron chi connectivity index (χ1n) is 12.0. The molecule has 1 aliphatic heterocycles. The number of amidine groups is 1. The van der Waals surface area contributed by atoms with Crippen LogP contribution < -0.4 is 15.4 Å². The van der Waals surface area contributed by atoms with Crippen LogP contribution >= 0.6 is 10.6 Å². The van der Waals surface area contributed by atoms with E-state index in [0.29, 0.717) is 35.6 Å². The fourth-order valence-electron chi connectivity index (χ4n) is 4.98. The quantitative estimate of drug-likeness (QED) is 0.208. The Balaban J connectivity index is 1.45. The number of rotatable bonds is 7. The Labute approximate surface area is 220 Å². The second kappa shape index (κ2) is 9.65. The van der Waals surface area contributed by atoms with Gasteiger partial charge < -0.3 is 15.4 Å². The lowest BCUT2D eigenvalue weighted by atomic mass is 9.91. The average molecular weight is 543 g/mol. The lowest BCUT2D eigenvalue weighted by Crippen LogP contribution is -2.66. The van der Waals surface area contributed by atoms with Crippen molar-refractivity contribution in [2.75, 3.05) is 24.4 Å². The number of nitrogens with zero attached hydrogens (tertiary/aromatic N) is 3. The van der Waals surface area contributed by atoms with Gasteiger partial charge in [-0.2, -0.15) is 15.0 Å². The van der Waals surface area contributed by atoms with Crippen LogP contribution in [0.25, 0.3) is 10.9 Å². The van der Waals surface area contributed by atoms with Gasteiger partial charge in [0.25, 0.3) is 0 Å². The van der Waals surface area contributed by atoms with Gasteiger partial charge in [0.2, 0.25) is 5.95 Å². The van der Waals surface area contributed by atoms with Crippen molar-refractivity contribution in [2.24, 2.45) is 5.92 Å². The number of alkyl halides is 1. The van der Waals surface area contributed by atoms with Crippen molar-refractivity contribution < 1.29 is 22.6 Å². The van der Waals surface area contributed by atoms with Gasteiger partial charge in [-0.3, -0.25) is 14.5 Å². The molecule has 2 fully saturated rings. The topological polar surface area (TPSA) is 136 Å². The molecule has 12 heteroatoms. The molecule has 1 saturated carbocycles. The van der Waals surface area contributed by atoms with Crippen molar-refractivity contribution in [1.29, 1.82) is 5.41 Å². The molecule has 5 rings (SSSR count). The van der Waals surface area contributed by atoms with E-state index in [1.54, 1.807) is 38.4 Å². The zero-order chi connectivity index (χ0) is 27.1. The van der Waals surface area contributed by atoms with E-state index in [1.165, 1.54) is 12.3 Å². The van der Waals surface area contributed by atoms with E-state index in [0.717, 1.165) is 5.39 Å². The molecule has 4 heterocycles. The molecule has 200 valence electrons. The summed E-state index contributed by atoms with van der Waals surface area (Å²) in [6, 6.07) is 5.06.